The zero-order valence-corrected chi connectivity index (χ0v) is 37.1. The van der Waals surface area contributed by atoms with Gasteiger partial charge in [0.25, 0.3) is 0 Å². The Labute approximate surface area is 400 Å². The Morgan fingerprint density at radius 2 is 0.535 bits per heavy atom. The molecule has 0 aliphatic heterocycles. The number of benzene rings is 9. The lowest BCUT2D eigenvalue weighted by Gasteiger charge is -2.23. The molecule has 0 fully saturated rings. The maximum Gasteiger partial charge on any atom is 0.416 e. The summed E-state index contributed by atoms with van der Waals surface area (Å²) < 4.78 is 90.1. The smallest absolute Gasteiger partial charge is 0.307 e. The second-order valence-electron chi connectivity index (χ2n) is 17.4. The molecule has 0 amide bonds. The Bertz CT molecular complexity index is 3890. The summed E-state index contributed by atoms with van der Waals surface area (Å²) in [5.41, 5.74) is 7.23. The van der Waals surface area contributed by atoms with E-state index in [1.807, 2.05) is 84.9 Å². The van der Waals surface area contributed by atoms with Crippen LogP contribution in [0.15, 0.2) is 206 Å². The van der Waals surface area contributed by atoms with Crippen molar-refractivity contribution in [3.05, 3.63) is 217 Å². The molecule has 0 unspecified atom stereocenters. The minimum Gasteiger partial charge on any atom is -0.307 e. The van der Waals surface area contributed by atoms with Gasteiger partial charge in [0.2, 0.25) is 0 Å². The van der Waals surface area contributed by atoms with Gasteiger partial charge in [0.1, 0.15) is 0 Å². The largest absolute Gasteiger partial charge is 0.416 e. The molecule has 4 aromatic heterocycles. The standard InChI is InChI=1S/C59H34F6N6/c60-58(61,62)38-29-25-35(26-30-38)55-66-56(36-27-31-39(32-28-36)59(63,64)65)68-57(67-55)37-33-52(69-46-19-7-1-13-40(46)41-14-2-8-20-47(41)69)54(71-50-23-11-5-17-44(50)45-18-6-12-24-51(45)71)53(34-37)70-48-21-9-3-15-42(48)43-16-4-10-22-49(43)70/h1-34H. The molecule has 0 spiro atoms. The van der Waals surface area contributed by atoms with E-state index in [1.165, 1.54) is 24.3 Å². The number of para-hydroxylation sites is 6. The SMILES string of the molecule is FC(F)(F)c1ccc(-c2nc(-c3ccc(C(F)(F)F)cc3)nc(-c3cc(-n4c5ccccc5c5ccccc54)c(-n4c5ccccc5c5ccccc54)c(-n4c5ccccc5c5ccccc54)c3)n2)cc1. The molecule has 0 aliphatic carbocycles. The van der Waals surface area contributed by atoms with E-state index in [9.17, 15) is 26.3 Å². The average molecular weight is 941 g/mol. The third-order valence-electron chi connectivity index (χ3n) is 13.3. The van der Waals surface area contributed by atoms with E-state index in [2.05, 4.69) is 86.5 Å². The summed E-state index contributed by atoms with van der Waals surface area (Å²) in [4.78, 5) is 14.8. The number of rotatable bonds is 6. The molecule has 4 heterocycles. The Morgan fingerprint density at radius 3 is 0.817 bits per heavy atom. The summed E-state index contributed by atoms with van der Waals surface area (Å²) in [7, 11) is 0. The van der Waals surface area contributed by atoms with Gasteiger partial charge in [-0.3, -0.25) is 0 Å². The molecule has 0 N–H and O–H groups in total. The highest BCUT2D eigenvalue weighted by Crippen LogP contribution is 2.45. The van der Waals surface area contributed by atoms with Gasteiger partial charge < -0.3 is 13.7 Å². The van der Waals surface area contributed by atoms with Gasteiger partial charge in [-0.1, -0.05) is 133 Å². The lowest BCUT2D eigenvalue weighted by atomic mass is 10.1. The highest BCUT2D eigenvalue weighted by atomic mass is 19.4. The van der Waals surface area contributed by atoms with Gasteiger partial charge in [-0.25, -0.2) is 15.0 Å². The van der Waals surface area contributed by atoms with Crippen LogP contribution in [0.2, 0.25) is 0 Å². The first kappa shape index (κ1) is 42.1. The topological polar surface area (TPSA) is 53.5 Å². The van der Waals surface area contributed by atoms with Crippen molar-refractivity contribution in [1.29, 1.82) is 0 Å². The van der Waals surface area contributed by atoms with Crippen molar-refractivity contribution in [3.8, 4) is 51.2 Å². The quantitative estimate of drug-likeness (QED) is 0.156. The molecule has 9 aromatic carbocycles. The van der Waals surface area contributed by atoms with E-state index >= 15 is 0 Å². The van der Waals surface area contributed by atoms with Crippen LogP contribution in [0.4, 0.5) is 26.3 Å². The van der Waals surface area contributed by atoms with Crippen LogP contribution in [0.25, 0.3) is 117 Å². The van der Waals surface area contributed by atoms with Crippen LogP contribution < -0.4 is 0 Å². The Kier molecular flexibility index (Phi) is 9.34. The van der Waals surface area contributed by atoms with Crippen molar-refractivity contribution in [1.82, 2.24) is 28.7 Å². The Balaban J connectivity index is 1.21. The fourth-order valence-corrected chi connectivity index (χ4v) is 10.2. The molecule has 0 atom stereocenters. The van der Waals surface area contributed by atoms with E-state index in [0.29, 0.717) is 5.56 Å². The predicted octanol–water partition coefficient (Wildman–Crippen LogP) is 16.2. The monoisotopic (exact) mass is 940 g/mol. The van der Waals surface area contributed by atoms with Gasteiger partial charge in [-0.15, -0.1) is 0 Å². The summed E-state index contributed by atoms with van der Waals surface area (Å²) in [6.07, 6.45) is -9.20. The number of hydrogen-bond donors (Lipinski definition) is 0. The molecule has 13 aromatic rings. The first-order valence-corrected chi connectivity index (χ1v) is 22.7. The summed E-state index contributed by atoms with van der Waals surface area (Å²) >= 11 is 0. The number of nitrogens with zero attached hydrogens (tertiary/aromatic N) is 6. The van der Waals surface area contributed by atoms with Crippen LogP contribution >= 0.6 is 0 Å². The maximum atomic E-state index is 13.9. The van der Waals surface area contributed by atoms with Gasteiger partial charge >= 0.3 is 12.4 Å². The van der Waals surface area contributed by atoms with Crippen LogP contribution in [-0.4, -0.2) is 28.7 Å². The number of aromatic nitrogens is 6. The lowest BCUT2D eigenvalue weighted by molar-refractivity contribution is -0.138. The van der Waals surface area contributed by atoms with E-state index in [0.717, 1.165) is 107 Å². The predicted molar refractivity (Wildman–Crippen MR) is 269 cm³/mol. The molecule has 0 bridgehead atoms. The van der Waals surface area contributed by atoms with E-state index in [1.54, 1.807) is 0 Å². The molecule has 13 rings (SSSR count). The molecular weight excluding hydrogens is 907 g/mol. The second-order valence-corrected chi connectivity index (χ2v) is 17.4. The van der Waals surface area contributed by atoms with E-state index in [-0.39, 0.29) is 28.6 Å². The van der Waals surface area contributed by atoms with E-state index < -0.39 is 23.5 Å². The second kappa shape index (κ2) is 15.8. The van der Waals surface area contributed by atoms with Crippen molar-refractivity contribution in [2.75, 3.05) is 0 Å². The van der Waals surface area contributed by atoms with Crippen molar-refractivity contribution < 1.29 is 26.3 Å². The van der Waals surface area contributed by atoms with E-state index in [4.69, 9.17) is 15.0 Å². The van der Waals surface area contributed by atoms with Crippen LogP contribution in [0.5, 0.6) is 0 Å². The molecule has 6 nitrogen and oxygen atoms in total. The van der Waals surface area contributed by atoms with Crippen molar-refractivity contribution in [2.45, 2.75) is 12.4 Å². The number of hydrogen-bond acceptors (Lipinski definition) is 3. The number of fused-ring (bicyclic) bond motifs is 9. The van der Waals surface area contributed by atoms with Crippen molar-refractivity contribution >= 4 is 65.4 Å². The van der Waals surface area contributed by atoms with Crippen LogP contribution in [0.3, 0.4) is 0 Å². The third-order valence-corrected chi connectivity index (χ3v) is 13.3. The summed E-state index contributed by atoms with van der Waals surface area (Å²) in [5, 5.41) is 6.19. The first-order chi connectivity index (χ1) is 34.5. The lowest BCUT2D eigenvalue weighted by Crippen LogP contribution is -2.10. The summed E-state index contributed by atoms with van der Waals surface area (Å²) in [6, 6.07) is 62.5. The molecule has 342 valence electrons. The summed E-state index contributed by atoms with van der Waals surface area (Å²) in [6.45, 7) is 0. The van der Waals surface area contributed by atoms with Crippen LogP contribution in [0.1, 0.15) is 11.1 Å². The average Bonchev–Trinajstić information content (AvgIpc) is 4.03. The third kappa shape index (κ3) is 6.77. The fourth-order valence-electron chi connectivity index (χ4n) is 10.2. The Hall–Kier alpha value is -9.03. The molecular formula is C59H34F6N6. The van der Waals surface area contributed by atoms with Gasteiger partial charge in [0, 0.05) is 49.0 Å². The molecule has 0 saturated carbocycles. The zero-order chi connectivity index (χ0) is 48.2. The normalized spacial score (nSPS) is 12.4. The van der Waals surface area contributed by atoms with Gasteiger partial charge in [0.15, 0.2) is 17.5 Å². The zero-order valence-electron chi connectivity index (χ0n) is 37.1. The summed E-state index contributed by atoms with van der Waals surface area (Å²) in [5.74, 6) is 0.200. The number of alkyl halides is 6. The molecule has 0 saturated heterocycles. The minimum absolute atomic E-state index is 0.0296. The van der Waals surface area contributed by atoms with Crippen molar-refractivity contribution in [2.24, 2.45) is 0 Å². The first-order valence-electron chi connectivity index (χ1n) is 22.7. The maximum absolute atomic E-state index is 13.9. The van der Waals surface area contributed by atoms with Gasteiger partial charge in [-0.2, -0.15) is 26.3 Å². The highest BCUT2D eigenvalue weighted by Gasteiger charge is 2.32. The minimum atomic E-state index is -4.60. The van der Waals surface area contributed by atoms with Gasteiger partial charge in [0.05, 0.1) is 61.3 Å². The van der Waals surface area contributed by atoms with Gasteiger partial charge in [-0.05, 0) is 72.8 Å². The highest BCUT2D eigenvalue weighted by molar-refractivity contribution is 6.14. The Morgan fingerprint density at radius 1 is 0.282 bits per heavy atom. The molecule has 71 heavy (non-hydrogen) atoms. The van der Waals surface area contributed by atoms with Crippen molar-refractivity contribution in [3.63, 3.8) is 0 Å². The fraction of sp³-hybridized carbons (Fsp3) is 0.0339. The van der Waals surface area contributed by atoms with Crippen LogP contribution in [0, 0.1) is 0 Å². The molecule has 0 aliphatic rings. The molecule has 12 heteroatoms. The van der Waals surface area contributed by atoms with Crippen LogP contribution in [-0.2, 0) is 12.4 Å². The molecule has 0 radical (unpaired) electrons. The number of halogens is 6.